The fraction of sp³-hybridized carbons (Fsp3) is 0.375. The van der Waals surface area contributed by atoms with Gasteiger partial charge in [-0.25, -0.2) is 0 Å². The van der Waals surface area contributed by atoms with E-state index in [9.17, 15) is 22.8 Å². The molecule has 2 aromatic rings. The Morgan fingerprint density at radius 2 is 1.92 bits per heavy atom. The van der Waals surface area contributed by atoms with E-state index in [4.69, 9.17) is 5.11 Å². The van der Waals surface area contributed by atoms with Gasteiger partial charge < -0.3 is 14.6 Å². The number of carbonyl (C=O) groups excluding carboxylic acids is 1. The van der Waals surface area contributed by atoms with Crippen LogP contribution in [0.5, 0.6) is 0 Å². The van der Waals surface area contributed by atoms with E-state index in [2.05, 4.69) is 0 Å². The molecule has 1 atom stereocenters. The van der Waals surface area contributed by atoms with Gasteiger partial charge in [-0.15, -0.1) is 0 Å². The van der Waals surface area contributed by atoms with Crippen LogP contribution >= 0.6 is 0 Å². The molecule has 1 aromatic heterocycles. The molecule has 0 fully saturated rings. The van der Waals surface area contributed by atoms with Crippen LogP contribution in [0.4, 0.5) is 13.2 Å². The van der Waals surface area contributed by atoms with Crippen LogP contribution in [0.15, 0.2) is 24.3 Å². The van der Waals surface area contributed by atoms with Crippen LogP contribution in [0.25, 0.3) is 10.9 Å². The van der Waals surface area contributed by atoms with Gasteiger partial charge in [-0.1, -0.05) is 6.92 Å². The molecule has 130 valence electrons. The first kappa shape index (κ1) is 17.8. The van der Waals surface area contributed by atoms with Crippen LogP contribution in [0.3, 0.4) is 0 Å². The van der Waals surface area contributed by atoms with Crippen molar-refractivity contribution in [2.24, 2.45) is 13.0 Å². The summed E-state index contributed by atoms with van der Waals surface area (Å²) >= 11 is 0. The maximum atomic E-state index is 12.8. The Morgan fingerprint density at radius 3 is 2.46 bits per heavy atom. The van der Waals surface area contributed by atoms with Crippen molar-refractivity contribution in [2.75, 3.05) is 13.6 Å². The molecule has 1 unspecified atom stereocenters. The summed E-state index contributed by atoms with van der Waals surface area (Å²) in [5.74, 6) is -2.22. The van der Waals surface area contributed by atoms with E-state index in [1.807, 2.05) is 0 Å². The van der Waals surface area contributed by atoms with E-state index >= 15 is 0 Å². The van der Waals surface area contributed by atoms with Crippen molar-refractivity contribution in [3.05, 3.63) is 35.5 Å². The molecule has 0 saturated carbocycles. The number of hydrogen-bond acceptors (Lipinski definition) is 2. The van der Waals surface area contributed by atoms with Crippen molar-refractivity contribution < 1.29 is 27.9 Å². The van der Waals surface area contributed by atoms with Crippen molar-refractivity contribution in [2.45, 2.75) is 13.1 Å². The molecule has 24 heavy (non-hydrogen) atoms. The molecule has 0 radical (unpaired) electrons. The summed E-state index contributed by atoms with van der Waals surface area (Å²) in [5, 5.41) is 9.21. The average molecular weight is 342 g/mol. The fourth-order valence-corrected chi connectivity index (χ4v) is 2.50. The summed E-state index contributed by atoms with van der Waals surface area (Å²) in [6.07, 6.45) is -4.46. The Morgan fingerprint density at radius 1 is 1.29 bits per heavy atom. The molecular formula is C16H17F3N2O3. The van der Waals surface area contributed by atoms with Gasteiger partial charge in [0.2, 0.25) is 0 Å². The van der Waals surface area contributed by atoms with Gasteiger partial charge in [0.15, 0.2) is 0 Å². The molecule has 0 aliphatic carbocycles. The molecule has 0 aliphatic heterocycles. The standard InChI is InChI=1S/C16H17F3N2O3/c1-9(15(23)24)8-20(2)14(22)13-7-10-6-11(16(17,18)19)4-5-12(10)21(13)3/h4-7,9H,8H2,1-3H3,(H,23,24). The summed E-state index contributed by atoms with van der Waals surface area (Å²) in [5.41, 5.74) is -0.0945. The number of rotatable bonds is 4. The van der Waals surface area contributed by atoms with Crippen LogP contribution < -0.4 is 0 Å². The zero-order valence-electron chi connectivity index (χ0n) is 13.4. The van der Waals surface area contributed by atoms with Gasteiger partial charge >= 0.3 is 12.1 Å². The topological polar surface area (TPSA) is 62.5 Å². The zero-order valence-corrected chi connectivity index (χ0v) is 13.4. The first-order valence-electron chi connectivity index (χ1n) is 7.17. The number of alkyl halides is 3. The molecule has 1 amide bonds. The molecule has 2 rings (SSSR count). The van der Waals surface area contributed by atoms with E-state index < -0.39 is 29.5 Å². The Hall–Kier alpha value is -2.51. The summed E-state index contributed by atoms with van der Waals surface area (Å²) in [7, 11) is 3.04. The van der Waals surface area contributed by atoms with Crippen molar-refractivity contribution in [3.63, 3.8) is 0 Å². The SMILES string of the molecule is CC(CN(C)C(=O)c1cc2cc(C(F)(F)F)ccc2n1C)C(=O)O. The highest BCUT2D eigenvalue weighted by atomic mass is 19.4. The van der Waals surface area contributed by atoms with Gasteiger partial charge in [0, 0.05) is 31.5 Å². The summed E-state index contributed by atoms with van der Waals surface area (Å²) in [6, 6.07) is 4.66. The van der Waals surface area contributed by atoms with Crippen molar-refractivity contribution in [1.82, 2.24) is 9.47 Å². The van der Waals surface area contributed by atoms with E-state index in [-0.39, 0.29) is 12.2 Å². The molecule has 1 N–H and O–H groups in total. The molecule has 8 heteroatoms. The number of nitrogens with zero attached hydrogens (tertiary/aromatic N) is 2. The minimum Gasteiger partial charge on any atom is -0.481 e. The predicted molar refractivity (Wildman–Crippen MR) is 81.7 cm³/mol. The molecule has 0 saturated heterocycles. The number of hydrogen-bond donors (Lipinski definition) is 1. The number of aliphatic carboxylic acids is 1. The highest BCUT2D eigenvalue weighted by Gasteiger charge is 2.31. The van der Waals surface area contributed by atoms with Crippen LogP contribution in [-0.2, 0) is 18.0 Å². The number of carboxylic acids is 1. The molecular weight excluding hydrogens is 325 g/mol. The molecule has 0 bridgehead atoms. The van der Waals surface area contributed by atoms with Crippen LogP contribution in [0.1, 0.15) is 23.0 Å². The number of fused-ring (bicyclic) bond motifs is 1. The van der Waals surface area contributed by atoms with E-state index in [0.717, 1.165) is 12.1 Å². The lowest BCUT2D eigenvalue weighted by Crippen LogP contribution is -2.34. The largest absolute Gasteiger partial charge is 0.481 e. The maximum Gasteiger partial charge on any atom is 0.416 e. The Balaban J connectivity index is 2.37. The second-order valence-corrected chi connectivity index (χ2v) is 5.78. The van der Waals surface area contributed by atoms with Gasteiger partial charge in [-0.2, -0.15) is 13.2 Å². The second-order valence-electron chi connectivity index (χ2n) is 5.78. The van der Waals surface area contributed by atoms with E-state index in [0.29, 0.717) is 10.9 Å². The number of benzene rings is 1. The lowest BCUT2D eigenvalue weighted by Gasteiger charge is -2.19. The summed E-state index contributed by atoms with van der Waals surface area (Å²) < 4.78 is 39.9. The van der Waals surface area contributed by atoms with Crippen LogP contribution in [0, 0.1) is 5.92 Å². The van der Waals surface area contributed by atoms with Gasteiger partial charge in [-0.3, -0.25) is 9.59 Å². The third-order valence-electron chi connectivity index (χ3n) is 3.90. The van der Waals surface area contributed by atoms with Crippen molar-refractivity contribution >= 4 is 22.8 Å². The second kappa shape index (κ2) is 6.18. The molecule has 5 nitrogen and oxygen atoms in total. The van der Waals surface area contributed by atoms with Gasteiger partial charge in [0.05, 0.1) is 11.5 Å². The van der Waals surface area contributed by atoms with Gasteiger partial charge in [0.1, 0.15) is 5.69 Å². The lowest BCUT2D eigenvalue weighted by molar-refractivity contribution is -0.141. The molecule has 0 spiro atoms. The normalized spacial score (nSPS) is 13.1. The van der Waals surface area contributed by atoms with Crippen LogP contribution in [0.2, 0.25) is 0 Å². The number of carboxylic acid groups (broad SMARTS) is 1. The third kappa shape index (κ3) is 3.37. The summed E-state index contributed by atoms with van der Waals surface area (Å²) in [4.78, 5) is 24.6. The number of aryl methyl sites for hydroxylation is 1. The molecule has 1 heterocycles. The third-order valence-corrected chi connectivity index (χ3v) is 3.90. The van der Waals surface area contributed by atoms with E-state index in [1.54, 1.807) is 7.05 Å². The highest BCUT2D eigenvalue weighted by Crippen LogP contribution is 2.32. The van der Waals surface area contributed by atoms with E-state index in [1.165, 1.54) is 35.6 Å². The first-order chi connectivity index (χ1) is 11.0. The minimum atomic E-state index is -4.46. The molecule has 0 aliphatic rings. The highest BCUT2D eigenvalue weighted by molar-refractivity contribution is 5.99. The number of aromatic nitrogens is 1. The van der Waals surface area contributed by atoms with Crippen molar-refractivity contribution in [1.29, 1.82) is 0 Å². The Labute approximate surface area is 136 Å². The number of carbonyl (C=O) groups is 2. The monoisotopic (exact) mass is 342 g/mol. The lowest BCUT2D eigenvalue weighted by atomic mass is 10.1. The number of amides is 1. The Kier molecular flexibility index (Phi) is 4.59. The fourth-order valence-electron chi connectivity index (χ4n) is 2.50. The Bertz CT molecular complexity index is 796. The zero-order chi connectivity index (χ0) is 18.2. The maximum absolute atomic E-state index is 12.8. The first-order valence-corrected chi connectivity index (χ1v) is 7.17. The quantitative estimate of drug-likeness (QED) is 0.929. The smallest absolute Gasteiger partial charge is 0.416 e. The van der Waals surface area contributed by atoms with Crippen molar-refractivity contribution in [3.8, 4) is 0 Å². The van der Waals surface area contributed by atoms with Crippen LogP contribution in [-0.4, -0.2) is 40.0 Å². The minimum absolute atomic E-state index is 0.00347. The van der Waals surface area contributed by atoms with Gasteiger partial charge in [-0.05, 0) is 24.3 Å². The predicted octanol–water partition coefficient (Wildman–Crippen LogP) is 2.99. The molecule has 1 aromatic carbocycles. The summed E-state index contributed by atoms with van der Waals surface area (Å²) in [6.45, 7) is 1.48. The number of halogens is 3. The van der Waals surface area contributed by atoms with Gasteiger partial charge in [0.25, 0.3) is 5.91 Å². The average Bonchev–Trinajstić information content (AvgIpc) is 2.82.